The fraction of sp³-hybridized carbons (Fsp3) is 0.355. The fourth-order valence-corrected chi connectivity index (χ4v) is 5.84. The second kappa shape index (κ2) is 11.1. The predicted octanol–water partition coefficient (Wildman–Crippen LogP) is 4.29. The Morgan fingerprint density at radius 1 is 1.10 bits per heavy atom. The number of hydrazine groups is 1. The first-order valence-corrected chi connectivity index (χ1v) is 13.4. The van der Waals surface area contributed by atoms with Crippen LogP contribution in [0.15, 0.2) is 48.5 Å². The van der Waals surface area contributed by atoms with Crippen LogP contribution in [0.3, 0.4) is 0 Å². The standard InChI is InChI=1S/C31H36N4O4/c1-19-14-23-15-24-17-34(12-10-25(19)24)31(38)22-6-4-21(5-7-22)18-39-13-3-11-35(33)28-9-8-26(20(2)30(28)32)27(23)16-29(36)37/h4-9,14-15,27H,3,10-13,16-18,32-33H2,1-2H3,(H,36,37). The van der Waals surface area contributed by atoms with E-state index >= 15 is 0 Å². The maximum atomic E-state index is 13.4. The van der Waals surface area contributed by atoms with E-state index in [4.69, 9.17) is 16.3 Å². The Balaban J connectivity index is 1.60. The minimum atomic E-state index is -0.886. The van der Waals surface area contributed by atoms with Gasteiger partial charge in [0, 0.05) is 37.7 Å². The van der Waals surface area contributed by atoms with Gasteiger partial charge in [-0.15, -0.1) is 0 Å². The first kappa shape index (κ1) is 26.7. The molecule has 5 N–H and O–H groups in total. The molecule has 8 heteroatoms. The molecule has 0 radical (unpaired) electrons. The number of carboxylic acids is 1. The molecule has 0 aromatic heterocycles. The van der Waals surface area contributed by atoms with E-state index in [9.17, 15) is 14.7 Å². The average Bonchev–Trinajstić information content (AvgIpc) is 2.92. The molecular weight excluding hydrogens is 492 g/mol. The van der Waals surface area contributed by atoms with Gasteiger partial charge < -0.3 is 25.5 Å². The largest absolute Gasteiger partial charge is 0.481 e. The summed E-state index contributed by atoms with van der Waals surface area (Å²) in [7, 11) is 0. The quantitative estimate of drug-likeness (QED) is 0.335. The van der Waals surface area contributed by atoms with Crippen LogP contribution in [0.5, 0.6) is 0 Å². The number of aliphatic carboxylic acids is 1. The molecule has 5 aliphatic heterocycles. The van der Waals surface area contributed by atoms with Crippen LogP contribution in [0.25, 0.3) is 0 Å². The van der Waals surface area contributed by atoms with Gasteiger partial charge in [-0.25, -0.2) is 5.84 Å². The molecule has 0 saturated heterocycles. The lowest BCUT2D eigenvalue weighted by atomic mass is 9.82. The van der Waals surface area contributed by atoms with Crippen molar-refractivity contribution in [2.45, 2.75) is 52.2 Å². The van der Waals surface area contributed by atoms with Gasteiger partial charge in [0.25, 0.3) is 5.91 Å². The molecule has 0 fully saturated rings. The second-order valence-electron chi connectivity index (χ2n) is 10.6. The van der Waals surface area contributed by atoms with Gasteiger partial charge >= 0.3 is 5.97 Å². The minimum absolute atomic E-state index is 0.00797. The Labute approximate surface area is 229 Å². The van der Waals surface area contributed by atoms with E-state index in [-0.39, 0.29) is 12.3 Å². The third-order valence-corrected chi connectivity index (χ3v) is 8.02. The molecular formula is C31H36N4O4. The smallest absolute Gasteiger partial charge is 0.304 e. The Hall–Kier alpha value is -3.88. The molecule has 1 atom stereocenters. The van der Waals surface area contributed by atoms with Gasteiger partial charge in [-0.1, -0.05) is 30.3 Å². The highest BCUT2D eigenvalue weighted by atomic mass is 16.5. The summed E-state index contributed by atoms with van der Waals surface area (Å²) in [5, 5.41) is 11.5. The number of amides is 1. The number of aryl methyl sites for hydroxylation is 1. The van der Waals surface area contributed by atoms with Crippen molar-refractivity contribution >= 4 is 23.3 Å². The number of rotatable bonds is 2. The topological polar surface area (TPSA) is 122 Å². The highest BCUT2D eigenvalue weighted by molar-refractivity contribution is 5.94. The number of carbonyl (C=O) groups is 2. The maximum absolute atomic E-state index is 13.4. The zero-order valence-corrected chi connectivity index (χ0v) is 22.6. The summed E-state index contributed by atoms with van der Waals surface area (Å²) >= 11 is 0. The fourth-order valence-electron chi connectivity index (χ4n) is 5.84. The Kier molecular flexibility index (Phi) is 7.59. The molecule has 39 heavy (non-hydrogen) atoms. The van der Waals surface area contributed by atoms with Crippen LogP contribution >= 0.6 is 0 Å². The number of benzene rings is 3. The second-order valence-corrected chi connectivity index (χ2v) is 10.6. The van der Waals surface area contributed by atoms with Crippen LogP contribution in [0.1, 0.15) is 68.1 Å². The van der Waals surface area contributed by atoms with Crippen molar-refractivity contribution < 1.29 is 19.4 Å². The van der Waals surface area contributed by atoms with Crippen molar-refractivity contribution in [1.82, 2.24) is 4.90 Å². The molecule has 3 aromatic carbocycles. The van der Waals surface area contributed by atoms with Crippen LogP contribution in [-0.4, -0.2) is 41.6 Å². The highest BCUT2D eigenvalue weighted by Gasteiger charge is 2.27. The summed E-state index contributed by atoms with van der Waals surface area (Å²) in [4.78, 5) is 27.3. The number of nitrogen functional groups attached to an aromatic ring is 1. The summed E-state index contributed by atoms with van der Waals surface area (Å²) in [6.07, 6.45) is 1.39. The van der Waals surface area contributed by atoms with Crippen LogP contribution in [-0.2, 0) is 29.1 Å². The molecule has 8 nitrogen and oxygen atoms in total. The lowest BCUT2D eigenvalue weighted by Gasteiger charge is -2.31. The number of carbonyl (C=O) groups excluding carboxylic acids is 1. The van der Waals surface area contributed by atoms with Crippen molar-refractivity contribution in [1.29, 1.82) is 0 Å². The van der Waals surface area contributed by atoms with Gasteiger partial charge in [-0.2, -0.15) is 0 Å². The monoisotopic (exact) mass is 528 g/mol. The van der Waals surface area contributed by atoms with E-state index in [0.29, 0.717) is 56.2 Å². The molecule has 0 spiro atoms. The van der Waals surface area contributed by atoms with E-state index in [2.05, 4.69) is 19.1 Å². The highest BCUT2D eigenvalue weighted by Crippen LogP contribution is 2.38. The van der Waals surface area contributed by atoms with E-state index in [1.165, 1.54) is 5.56 Å². The molecule has 5 heterocycles. The third kappa shape index (κ3) is 5.48. The summed E-state index contributed by atoms with van der Waals surface area (Å²) in [6.45, 7) is 6.64. The van der Waals surface area contributed by atoms with E-state index < -0.39 is 11.9 Å². The number of ether oxygens (including phenoxy) is 1. The Morgan fingerprint density at radius 3 is 2.62 bits per heavy atom. The molecule has 204 valence electrons. The van der Waals surface area contributed by atoms with E-state index in [1.54, 1.807) is 5.01 Å². The minimum Gasteiger partial charge on any atom is -0.481 e. The lowest BCUT2D eigenvalue weighted by molar-refractivity contribution is -0.137. The number of hydrogen-bond donors (Lipinski definition) is 3. The summed E-state index contributed by atoms with van der Waals surface area (Å²) in [5.74, 6) is 5.09. The van der Waals surface area contributed by atoms with Gasteiger partial charge in [0.1, 0.15) is 0 Å². The zero-order valence-electron chi connectivity index (χ0n) is 22.6. The maximum Gasteiger partial charge on any atom is 0.304 e. The van der Waals surface area contributed by atoms with Gasteiger partial charge in [0.15, 0.2) is 0 Å². The number of anilines is 2. The third-order valence-electron chi connectivity index (χ3n) is 8.02. The first-order chi connectivity index (χ1) is 18.7. The van der Waals surface area contributed by atoms with Crippen molar-refractivity contribution in [3.63, 3.8) is 0 Å². The first-order valence-electron chi connectivity index (χ1n) is 13.4. The van der Waals surface area contributed by atoms with Gasteiger partial charge in [0.2, 0.25) is 0 Å². The molecule has 7 bridgehead atoms. The molecule has 5 aliphatic rings. The SMILES string of the molecule is Cc1cc2cc3c1CCN(C3)C(=O)c1ccc(cc1)COCCCN(N)c1ccc(c(C)c1N)C2CC(=O)O. The van der Waals surface area contributed by atoms with Crippen molar-refractivity contribution in [2.75, 3.05) is 30.4 Å². The lowest BCUT2D eigenvalue weighted by Crippen LogP contribution is -2.36. The number of carboxylic acid groups (broad SMARTS) is 1. The van der Waals surface area contributed by atoms with Crippen LogP contribution in [0.4, 0.5) is 11.4 Å². The van der Waals surface area contributed by atoms with Crippen LogP contribution in [0.2, 0.25) is 0 Å². The normalized spacial score (nSPS) is 17.9. The zero-order chi connectivity index (χ0) is 27.7. The number of hydrogen-bond acceptors (Lipinski definition) is 6. The number of nitrogens with two attached hydrogens (primary N) is 2. The number of nitrogens with zero attached hydrogens (tertiary/aromatic N) is 2. The molecule has 1 amide bonds. The molecule has 0 saturated carbocycles. The molecule has 8 rings (SSSR count). The van der Waals surface area contributed by atoms with Crippen molar-refractivity contribution in [3.8, 4) is 0 Å². The van der Waals surface area contributed by atoms with Crippen LogP contribution < -0.4 is 16.6 Å². The van der Waals surface area contributed by atoms with Gasteiger partial charge in [-0.05, 0) is 83.8 Å². The predicted molar refractivity (Wildman–Crippen MR) is 152 cm³/mol. The molecule has 0 aliphatic carbocycles. The summed E-state index contributed by atoms with van der Waals surface area (Å²) in [6, 6.07) is 15.6. The Bertz CT molecular complexity index is 1400. The van der Waals surface area contributed by atoms with E-state index in [1.807, 2.05) is 48.2 Å². The molecule has 1 unspecified atom stereocenters. The van der Waals surface area contributed by atoms with Crippen molar-refractivity contribution in [3.05, 3.63) is 93.0 Å². The van der Waals surface area contributed by atoms with Gasteiger partial charge in [0.05, 0.1) is 24.4 Å². The van der Waals surface area contributed by atoms with Crippen LogP contribution in [0, 0.1) is 13.8 Å². The molecule has 3 aromatic rings. The Morgan fingerprint density at radius 2 is 1.87 bits per heavy atom. The van der Waals surface area contributed by atoms with Crippen molar-refractivity contribution in [2.24, 2.45) is 5.84 Å². The summed E-state index contributed by atoms with van der Waals surface area (Å²) < 4.78 is 5.84. The summed E-state index contributed by atoms with van der Waals surface area (Å²) in [5.41, 5.74) is 15.5. The van der Waals surface area contributed by atoms with E-state index in [0.717, 1.165) is 39.8 Å². The average molecular weight is 529 g/mol. The van der Waals surface area contributed by atoms with Gasteiger partial charge in [-0.3, -0.25) is 9.59 Å².